The molecule has 1 aromatic rings. The molecule has 0 fully saturated rings. The Kier molecular flexibility index (Phi) is 4.94. The Bertz CT molecular complexity index is 534. The third kappa shape index (κ3) is 4.30. The summed E-state index contributed by atoms with van der Waals surface area (Å²) in [5.41, 5.74) is 0.232. The molecule has 6 heteroatoms. The van der Waals surface area contributed by atoms with E-state index in [1.165, 1.54) is 18.2 Å². The second-order valence-corrected chi connectivity index (χ2v) is 4.42. The summed E-state index contributed by atoms with van der Waals surface area (Å²) in [6.07, 6.45) is 0.567. The number of halogens is 1. The largest absolute Gasteiger partial charge is 0.507 e. The number of ether oxygens (including phenoxy) is 1. The Labute approximate surface area is 115 Å². The second-order valence-electron chi connectivity index (χ2n) is 4.01. The van der Waals surface area contributed by atoms with Crippen LogP contribution in [0.25, 0.3) is 5.76 Å². The van der Waals surface area contributed by atoms with Gasteiger partial charge in [-0.2, -0.15) is 0 Å². The molecular formula is C13H13ClO5. The lowest BCUT2D eigenvalue weighted by atomic mass is 10.1. The van der Waals surface area contributed by atoms with Crippen LogP contribution in [0.3, 0.4) is 0 Å². The zero-order valence-corrected chi connectivity index (χ0v) is 11.1. The molecule has 0 unspecified atom stereocenters. The first-order valence-electron chi connectivity index (χ1n) is 5.45. The van der Waals surface area contributed by atoms with Crippen LogP contribution in [0.15, 0.2) is 24.3 Å². The molecule has 2 N–H and O–H groups in total. The first kappa shape index (κ1) is 15.0. The number of rotatable bonds is 5. The molecule has 0 aliphatic rings. The van der Waals surface area contributed by atoms with Gasteiger partial charge in [0.25, 0.3) is 5.78 Å². The summed E-state index contributed by atoms with van der Waals surface area (Å²) >= 11 is 5.95. The van der Waals surface area contributed by atoms with E-state index in [0.29, 0.717) is 11.8 Å². The van der Waals surface area contributed by atoms with Gasteiger partial charge in [-0.1, -0.05) is 11.6 Å². The van der Waals surface area contributed by atoms with Gasteiger partial charge in [-0.3, -0.25) is 4.79 Å². The van der Waals surface area contributed by atoms with Crippen LogP contribution >= 0.6 is 11.6 Å². The molecule has 102 valence electrons. The van der Waals surface area contributed by atoms with E-state index in [9.17, 15) is 14.7 Å². The average Bonchev–Trinajstić information content (AvgIpc) is 2.30. The maximum Gasteiger partial charge on any atom is 0.376 e. The van der Waals surface area contributed by atoms with Crippen LogP contribution in [0.5, 0.6) is 5.75 Å². The molecule has 1 aromatic carbocycles. The molecule has 1 rings (SSSR count). The Morgan fingerprint density at radius 1 is 1.32 bits per heavy atom. The van der Waals surface area contributed by atoms with E-state index >= 15 is 0 Å². The fourth-order valence-corrected chi connectivity index (χ4v) is 1.50. The molecule has 0 heterocycles. The summed E-state index contributed by atoms with van der Waals surface area (Å²) in [5.74, 6) is -2.88. The van der Waals surface area contributed by atoms with E-state index < -0.39 is 17.5 Å². The molecule has 5 nitrogen and oxygen atoms in total. The zero-order valence-electron chi connectivity index (χ0n) is 10.4. The predicted molar refractivity (Wildman–Crippen MR) is 70.5 cm³/mol. The summed E-state index contributed by atoms with van der Waals surface area (Å²) in [6, 6.07) is 4.40. The molecule has 0 bridgehead atoms. The molecule has 0 spiro atoms. The van der Waals surface area contributed by atoms with Crippen LogP contribution in [-0.2, 0) is 9.59 Å². The van der Waals surface area contributed by atoms with Gasteiger partial charge < -0.3 is 14.9 Å². The highest BCUT2D eigenvalue weighted by molar-refractivity contribution is 6.38. The number of hydrogen-bond acceptors (Lipinski definition) is 4. The summed E-state index contributed by atoms with van der Waals surface area (Å²) in [6.45, 7) is 3.68. The van der Waals surface area contributed by atoms with Crippen molar-refractivity contribution in [2.24, 2.45) is 0 Å². The number of benzene rings is 1. The highest BCUT2D eigenvalue weighted by Crippen LogP contribution is 2.28. The number of carbonyl (C=O) groups is 2. The van der Waals surface area contributed by atoms with Crippen molar-refractivity contribution in [2.75, 3.05) is 0 Å². The van der Waals surface area contributed by atoms with Gasteiger partial charge in [0, 0.05) is 11.6 Å². The summed E-state index contributed by atoms with van der Waals surface area (Å²) in [7, 11) is 0. The second kappa shape index (κ2) is 6.24. The van der Waals surface area contributed by atoms with Gasteiger partial charge in [-0.15, -0.1) is 0 Å². The molecule has 19 heavy (non-hydrogen) atoms. The number of carbonyl (C=O) groups excluding carboxylic acids is 1. The highest BCUT2D eigenvalue weighted by atomic mass is 35.5. The van der Waals surface area contributed by atoms with Crippen molar-refractivity contribution in [2.45, 2.75) is 20.0 Å². The number of aliphatic hydroxyl groups excluding tert-OH is 1. The predicted octanol–water partition coefficient (Wildman–Crippen LogP) is 2.68. The van der Waals surface area contributed by atoms with Gasteiger partial charge >= 0.3 is 5.97 Å². The Hall–Kier alpha value is -2.01. The Balaban J connectivity index is 3.01. The van der Waals surface area contributed by atoms with Gasteiger partial charge in [0.05, 0.1) is 11.1 Å². The minimum atomic E-state index is -1.64. The molecule has 0 saturated heterocycles. The number of hydrogen-bond donors (Lipinski definition) is 2. The fourth-order valence-electron chi connectivity index (χ4n) is 1.28. The van der Waals surface area contributed by atoms with Crippen LogP contribution in [0.1, 0.15) is 19.4 Å². The van der Waals surface area contributed by atoms with Gasteiger partial charge in [0.1, 0.15) is 11.5 Å². The smallest absolute Gasteiger partial charge is 0.376 e. The highest BCUT2D eigenvalue weighted by Gasteiger charge is 2.12. The number of carboxylic acid groups (broad SMARTS) is 1. The van der Waals surface area contributed by atoms with E-state index in [0.717, 1.165) is 0 Å². The van der Waals surface area contributed by atoms with E-state index in [4.69, 9.17) is 21.4 Å². The molecule has 0 saturated carbocycles. The number of carboxylic acids is 1. The van der Waals surface area contributed by atoms with E-state index in [-0.39, 0.29) is 16.7 Å². The normalized spacial score (nSPS) is 11.5. The first-order valence-corrected chi connectivity index (χ1v) is 5.83. The summed E-state index contributed by atoms with van der Waals surface area (Å²) in [5, 5.41) is 18.3. The van der Waals surface area contributed by atoms with Crippen molar-refractivity contribution < 1.29 is 24.5 Å². The lowest BCUT2D eigenvalue weighted by Crippen LogP contribution is -2.09. The standard InChI is InChI=1S/C13H13ClO5/c1-7(2)19-12-4-3-8(5-9(12)14)10(15)6-11(16)13(17)18/h3-7,15H,1-2H3,(H,17,18)/b10-6-. The van der Waals surface area contributed by atoms with Crippen molar-refractivity contribution in [1.82, 2.24) is 0 Å². The lowest BCUT2D eigenvalue weighted by molar-refractivity contribution is -0.146. The molecule has 0 atom stereocenters. The maximum atomic E-state index is 10.9. The zero-order chi connectivity index (χ0) is 14.6. The average molecular weight is 285 g/mol. The molecular weight excluding hydrogens is 272 g/mol. The van der Waals surface area contributed by atoms with Crippen LogP contribution in [0, 0.1) is 0 Å². The molecule has 0 aromatic heterocycles. The van der Waals surface area contributed by atoms with Crippen LogP contribution < -0.4 is 4.74 Å². The number of ketones is 1. The topological polar surface area (TPSA) is 83.8 Å². The minimum absolute atomic E-state index is 0.0546. The van der Waals surface area contributed by atoms with Crippen molar-refractivity contribution in [1.29, 1.82) is 0 Å². The number of aliphatic hydroxyl groups is 1. The fraction of sp³-hybridized carbons (Fsp3) is 0.231. The number of aliphatic carboxylic acids is 1. The molecule has 0 radical (unpaired) electrons. The van der Waals surface area contributed by atoms with Crippen LogP contribution in [0.4, 0.5) is 0 Å². The molecule has 0 aliphatic heterocycles. The van der Waals surface area contributed by atoms with Crippen molar-refractivity contribution in [3.05, 3.63) is 34.9 Å². The van der Waals surface area contributed by atoms with Crippen molar-refractivity contribution >= 4 is 29.1 Å². The van der Waals surface area contributed by atoms with Gasteiger partial charge in [0.2, 0.25) is 0 Å². The quantitative estimate of drug-likeness (QED) is 0.493. The maximum absolute atomic E-state index is 10.9. The minimum Gasteiger partial charge on any atom is -0.507 e. The molecule has 0 aliphatic carbocycles. The third-order valence-corrected chi connectivity index (χ3v) is 2.36. The van der Waals surface area contributed by atoms with Crippen molar-refractivity contribution in [3.63, 3.8) is 0 Å². The van der Waals surface area contributed by atoms with E-state index in [1.54, 1.807) is 0 Å². The van der Waals surface area contributed by atoms with E-state index in [1.807, 2.05) is 13.8 Å². The van der Waals surface area contributed by atoms with Gasteiger partial charge in [-0.05, 0) is 32.0 Å². The SMILES string of the molecule is CC(C)Oc1ccc(/C(O)=C/C(=O)C(=O)O)cc1Cl. The molecule has 0 amide bonds. The monoisotopic (exact) mass is 284 g/mol. The summed E-state index contributed by atoms with van der Waals surface area (Å²) in [4.78, 5) is 21.3. The van der Waals surface area contributed by atoms with Crippen LogP contribution in [-0.4, -0.2) is 28.1 Å². The Morgan fingerprint density at radius 3 is 2.42 bits per heavy atom. The van der Waals surface area contributed by atoms with Crippen molar-refractivity contribution in [3.8, 4) is 5.75 Å². The third-order valence-electron chi connectivity index (χ3n) is 2.07. The van der Waals surface area contributed by atoms with Gasteiger partial charge in [-0.25, -0.2) is 4.79 Å². The van der Waals surface area contributed by atoms with E-state index in [2.05, 4.69) is 0 Å². The lowest BCUT2D eigenvalue weighted by Gasteiger charge is -2.12. The summed E-state index contributed by atoms with van der Waals surface area (Å²) < 4.78 is 5.40. The van der Waals surface area contributed by atoms with Gasteiger partial charge in [0.15, 0.2) is 0 Å². The first-order chi connectivity index (χ1) is 8.81. The van der Waals surface area contributed by atoms with Crippen LogP contribution in [0.2, 0.25) is 5.02 Å². The Morgan fingerprint density at radius 2 is 1.95 bits per heavy atom.